The highest BCUT2D eigenvalue weighted by atomic mass is 19.1. The van der Waals surface area contributed by atoms with Crippen LogP contribution in [-0.2, 0) is 13.2 Å². The third kappa shape index (κ3) is 5.98. The van der Waals surface area contributed by atoms with Gasteiger partial charge in [-0.1, -0.05) is 31.2 Å². The Morgan fingerprint density at radius 2 is 1.65 bits per heavy atom. The molecule has 0 saturated heterocycles. The maximum absolute atomic E-state index is 12.8. The molecule has 2 N–H and O–H groups in total. The van der Waals surface area contributed by atoms with Gasteiger partial charge in [0.1, 0.15) is 18.2 Å². The third-order valence-electron chi connectivity index (χ3n) is 3.23. The Kier molecular flexibility index (Phi) is 6.41. The van der Waals surface area contributed by atoms with Crippen LogP contribution in [0.5, 0.6) is 5.75 Å². The fraction of sp³-hybridized carbons (Fsp3) is 0.278. The lowest BCUT2D eigenvalue weighted by Gasteiger charge is -2.09. The normalized spacial score (nSPS) is 10.2. The molecule has 122 valence electrons. The molecule has 0 aliphatic carbocycles. The molecular formula is C18H21FN2O2. The molecule has 0 aliphatic heterocycles. The van der Waals surface area contributed by atoms with Crippen LogP contribution in [0.15, 0.2) is 48.5 Å². The van der Waals surface area contributed by atoms with E-state index >= 15 is 0 Å². The summed E-state index contributed by atoms with van der Waals surface area (Å²) in [4.78, 5) is 11.5. The SMILES string of the molecule is CCCNC(=O)NCc1ccc(OCc2ccc(F)cc2)cc1. The zero-order valence-corrected chi connectivity index (χ0v) is 13.1. The van der Waals surface area contributed by atoms with Crippen LogP contribution in [0, 0.1) is 5.82 Å². The standard InChI is InChI=1S/C18H21FN2O2/c1-2-11-20-18(22)21-12-14-5-9-17(10-6-14)23-13-15-3-7-16(19)8-4-15/h3-10H,2,11-13H2,1H3,(H2,20,21,22). The van der Waals surface area contributed by atoms with Crippen LogP contribution >= 0.6 is 0 Å². The third-order valence-corrected chi connectivity index (χ3v) is 3.23. The molecule has 0 fully saturated rings. The van der Waals surface area contributed by atoms with Gasteiger partial charge in [0.2, 0.25) is 0 Å². The maximum Gasteiger partial charge on any atom is 0.315 e. The quantitative estimate of drug-likeness (QED) is 0.820. The van der Waals surface area contributed by atoms with Gasteiger partial charge in [0.05, 0.1) is 0 Å². The second-order valence-corrected chi connectivity index (χ2v) is 5.17. The lowest BCUT2D eigenvalue weighted by molar-refractivity contribution is 0.240. The number of halogens is 1. The van der Waals surface area contributed by atoms with Crippen LogP contribution in [0.1, 0.15) is 24.5 Å². The van der Waals surface area contributed by atoms with Gasteiger partial charge in [-0.3, -0.25) is 0 Å². The Bertz CT molecular complexity index is 612. The van der Waals surface area contributed by atoms with Crippen molar-refractivity contribution in [3.8, 4) is 5.75 Å². The van der Waals surface area contributed by atoms with Crippen molar-refractivity contribution in [3.05, 3.63) is 65.5 Å². The minimum absolute atomic E-state index is 0.163. The highest BCUT2D eigenvalue weighted by Gasteiger charge is 2.01. The minimum Gasteiger partial charge on any atom is -0.489 e. The number of amides is 2. The van der Waals surface area contributed by atoms with E-state index in [-0.39, 0.29) is 11.8 Å². The van der Waals surface area contributed by atoms with Crippen LogP contribution in [0.2, 0.25) is 0 Å². The molecule has 0 bridgehead atoms. The van der Waals surface area contributed by atoms with Crippen molar-refractivity contribution >= 4 is 6.03 Å². The largest absolute Gasteiger partial charge is 0.489 e. The lowest BCUT2D eigenvalue weighted by Crippen LogP contribution is -2.35. The number of carbonyl (C=O) groups excluding carboxylic acids is 1. The van der Waals surface area contributed by atoms with Crippen molar-refractivity contribution in [1.82, 2.24) is 10.6 Å². The summed E-state index contributed by atoms with van der Waals surface area (Å²) in [5.41, 5.74) is 1.90. The number of ether oxygens (including phenoxy) is 1. The van der Waals surface area contributed by atoms with Gasteiger partial charge in [-0.2, -0.15) is 0 Å². The van der Waals surface area contributed by atoms with Crippen molar-refractivity contribution < 1.29 is 13.9 Å². The van der Waals surface area contributed by atoms with Crippen LogP contribution in [0.3, 0.4) is 0 Å². The van der Waals surface area contributed by atoms with Crippen LogP contribution in [0.4, 0.5) is 9.18 Å². The molecular weight excluding hydrogens is 295 g/mol. The molecule has 23 heavy (non-hydrogen) atoms. The molecule has 0 aromatic heterocycles. The number of nitrogens with one attached hydrogen (secondary N) is 2. The van der Waals surface area contributed by atoms with Crippen molar-refractivity contribution in [1.29, 1.82) is 0 Å². The summed E-state index contributed by atoms with van der Waals surface area (Å²) < 4.78 is 18.5. The Balaban J connectivity index is 1.77. The number of hydrogen-bond donors (Lipinski definition) is 2. The van der Waals surface area contributed by atoms with Crippen LogP contribution in [-0.4, -0.2) is 12.6 Å². The van der Waals surface area contributed by atoms with Crippen LogP contribution < -0.4 is 15.4 Å². The zero-order chi connectivity index (χ0) is 16.5. The first-order valence-corrected chi connectivity index (χ1v) is 7.65. The molecule has 5 heteroatoms. The predicted molar refractivity (Wildman–Crippen MR) is 87.7 cm³/mol. The molecule has 2 aromatic rings. The van der Waals surface area contributed by atoms with Gasteiger partial charge in [0.15, 0.2) is 0 Å². The maximum atomic E-state index is 12.8. The number of carbonyl (C=O) groups is 1. The second-order valence-electron chi connectivity index (χ2n) is 5.17. The van der Waals surface area contributed by atoms with Gasteiger partial charge >= 0.3 is 6.03 Å². The first-order valence-electron chi connectivity index (χ1n) is 7.65. The molecule has 0 atom stereocenters. The molecule has 2 aromatic carbocycles. The van der Waals surface area contributed by atoms with E-state index in [2.05, 4.69) is 10.6 Å². The summed E-state index contributed by atoms with van der Waals surface area (Å²) in [7, 11) is 0. The molecule has 0 spiro atoms. The van der Waals surface area contributed by atoms with Gasteiger partial charge in [0.25, 0.3) is 0 Å². The van der Waals surface area contributed by atoms with E-state index in [4.69, 9.17) is 4.74 Å². The van der Waals surface area contributed by atoms with Crippen molar-refractivity contribution in [2.24, 2.45) is 0 Å². The minimum atomic E-state index is -0.256. The average Bonchev–Trinajstić information content (AvgIpc) is 2.58. The highest BCUT2D eigenvalue weighted by molar-refractivity contribution is 5.73. The van der Waals surface area contributed by atoms with Gasteiger partial charge in [-0.05, 0) is 41.8 Å². The first kappa shape index (κ1) is 16.8. The van der Waals surface area contributed by atoms with Gasteiger partial charge < -0.3 is 15.4 Å². The smallest absolute Gasteiger partial charge is 0.315 e. The average molecular weight is 316 g/mol. The summed E-state index contributed by atoms with van der Waals surface area (Å²) >= 11 is 0. The second kappa shape index (κ2) is 8.78. The first-order chi connectivity index (χ1) is 11.2. The Hall–Kier alpha value is -2.56. The summed E-state index contributed by atoms with van der Waals surface area (Å²) in [5.74, 6) is 0.474. The molecule has 0 radical (unpaired) electrons. The Morgan fingerprint density at radius 3 is 2.30 bits per heavy atom. The summed E-state index contributed by atoms with van der Waals surface area (Å²) in [6.07, 6.45) is 0.910. The van der Waals surface area contributed by atoms with E-state index in [1.54, 1.807) is 12.1 Å². The summed E-state index contributed by atoms with van der Waals surface area (Å²) in [5, 5.41) is 5.54. The van der Waals surface area contributed by atoms with Gasteiger partial charge in [-0.15, -0.1) is 0 Å². The predicted octanol–water partition coefficient (Wildman–Crippen LogP) is 3.61. The van der Waals surface area contributed by atoms with E-state index in [0.717, 1.165) is 23.3 Å². The summed E-state index contributed by atoms with van der Waals surface area (Å²) in [6, 6.07) is 13.6. The summed E-state index contributed by atoms with van der Waals surface area (Å²) in [6.45, 7) is 3.53. The number of benzene rings is 2. The van der Waals surface area contributed by atoms with Crippen molar-refractivity contribution in [2.45, 2.75) is 26.5 Å². The molecule has 0 saturated carbocycles. The van der Waals surface area contributed by atoms with E-state index in [1.165, 1.54) is 12.1 Å². The molecule has 4 nitrogen and oxygen atoms in total. The number of hydrogen-bond acceptors (Lipinski definition) is 2. The topological polar surface area (TPSA) is 50.4 Å². The van der Waals surface area contributed by atoms with Gasteiger partial charge in [0, 0.05) is 13.1 Å². The van der Waals surface area contributed by atoms with E-state index in [0.29, 0.717) is 19.7 Å². The van der Waals surface area contributed by atoms with E-state index < -0.39 is 0 Å². The van der Waals surface area contributed by atoms with E-state index in [1.807, 2.05) is 31.2 Å². The van der Waals surface area contributed by atoms with Crippen molar-refractivity contribution in [3.63, 3.8) is 0 Å². The Morgan fingerprint density at radius 1 is 1.00 bits per heavy atom. The fourth-order valence-electron chi connectivity index (χ4n) is 1.93. The molecule has 0 unspecified atom stereocenters. The number of urea groups is 1. The monoisotopic (exact) mass is 316 g/mol. The lowest BCUT2D eigenvalue weighted by atomic mass is 10.2. The number of rotatable bonds is 7. The molecule has 0 heterocycles. The van der Waals surface area contributed by atoms with Crippen LogP contribution in [0.25, 0.3) is 0 Å². The molecule has 0 aliphatic rings. The highest BCUT2D eigenvalue weighted by Crippen LogP contribution is 2.14. The van der Waals surface area contributed by atoms with Gasteiger partial charge in [-0.25, -0.2) is 9.18 Å². The molecule has 2 rings (SSSR count). The Labute approximate surface area is 135 Å². The molecule has 2 amide bonds. The zero-order valence-electron chi connectivity index (χ0n) is 13.1. The van der Waals surface area contributed by atoms with E-state index in [9.17, 15) is 9.18 Å². The fourth-order valence-corrected chi connectivity index (χ4v) is 1.93. The van der Waals surface area contributed by atoms with Crippen molar-refractivity contribution in [2.75, 3.05) is 6.54 Å².